The SMILES string of the molecule is CCOc1ccc(NC(=O)COC(=O)c2ccc([N+](=O)[O-])cc2)c([N+](=O)[O-])c1. The number of rotatable bonds is 8. The van der Waals surface area contributed by atoms with E-state index in [1.807, 2.05) is 0 Å². The quantitative estimate of drug-likeness (QED) is 0.411. The Hall–Kier alpha value is -4.02. The number of carbonyl (C=O) groups is 2. The Balaban J connectivity index is 1.99. The van der Waals surface area contributed by atoms with Gasteiger partial charge in [-0.1, -0.05) is 0 Å². The van der Waals surface area contributed by atoms with Crippen LogP contribution in [0.4, 0.5) is 17.1 Å². The number of esters is 1. The molecule has 0 aliphatic carbocycles. The van der Waals surface area contributed by atoms with Crippen molar-refractivity contribution >= 4 is 28.9 Å². The van der Waals surface area contributed by atoms with Gasteiger partial charge in [-0.15, -0.1) is 0 Å². The fourth-order valence-electron chi connectivity index (χ4n) is 2.14. The zero-order valence-corrected chi connectivity index (χ0v) is 14.6. The summed E-state index contributed by atoms with van der Waals surface area (Å²) in [6.07, 6.45) is 0. The lowest BCUT2D eigenvalue weighted by atomic mass is 10.2. The molecule has 2 rings (SSSR count). The molecule has 0 heterocycles. The van der Waals surface area contributed by atoms with Gasteiger partial charge in [-0.2, -0.15) is 0 Å². The molecule has 11 heteroatoms. The first kappa shape index (κ1) is 20.3. The Bertz CT molecular complexity index is 911. The second kappa shape index (κ2) is 9.07. The highest BCUT2D eigenvalue weighted by Gasteiger charge is 2.18. The van der Waals surface area contributed by atoms with Crippen LogP contribution in [0.15, 0.2) is 42.5 Å². The van der Waals surface area contributed by atoms with Crippen molar-refractivity contribution in [3.63, 3.8) is 0 Å². The Morgan fingerprint density at radius 3 is 2.29 bits per heavy atom. The monoisotopic (exact) mass is 389 g/mol. The van der Waals surface area contributed by atoms with Gasteiger partial charge in [0.25, 0.3) is 17.3 Å². The van der Waals surface area contributed by atoms with Crippen LogP contribution in [0.3, 0.4) is 0 Å². The number of nitro groups is 2. The summed E-state index contributed by atoms with van der Waals surface area (Å²) in [5.41, 5.74) is -0.631. The molecule has 0 saturated carbocycles. The lowest BCUT2D eigenvalue weighted by Crippen LogP contribution is -2.21. The van der Waals surface area contributed by atoms with Gasteiger partial charge in [0.05, 0.1) is 28.1 Å². The maximum atomic E-state index is 11.9. The van der Waals surface area contributed by atoms with Gasteiger partial charge in [0.15, 0.2) is 6.61 Å². The molecule has 146 valence electrons. The fourth-order valence-corrected chi connectivity index (χ4v) is 2.14. The van der Waals surface area contributed by atoms with Crippen LogP contribution in [-0.2, 0) is 9.53 Å². The van der Waals surface area contributed by atoms with Crippen LogP contribution >= 0.6 is 0 Å². The minimum atomic E-state index is -0.869. The van der Waals surface area contributed by atoms with Crippen LogP contribution in [-0.4, -0.2) is 34.9 Å². The minimum Gasteiger partial charge on any atom is -0.494 e. The molecule has 1 amide bonds. The van der Waals surface area contributed by atoms with Gasteiger partial charge < -0.3 is 14.8 Å². The van der Waals surface area contributed by atoms with Gasteiger partial charge in [0.1, 0.15) is 11.4 Å². The molecule has 1 N–H and O–H groups in total. The number of amides is 1. The molecule has 28 heavy (non-hydrogen) atoms. The summed E-state index contributed by atoms with van der Waals surface area (Å²) in [5, 5.41) is 24.0. The van der Waals surface area contributed by atoms with Crippen LogP contribution in [0, 0.1) is 20.2 Å². The van der Waals surface area contributed by atoms with E-state index in [0.29, 0.717) is 6.61 Å². The average Bonchev–Trinajstić information content (AvgIpc) is 2.67. The van der Waals surface area contributed by atoms with Crippen molar-refractivity contribution in [1.82, 2.24) is 0 Å². The lowest BCUT2D eigenvalue weighted by molar-refractivity contribution is -0.384. The van der Waals surface area contributed by atoms with Crippen molar-refractivity contribution in [2.45, 2.75) is 6.92 Å². The van der Waals surface area contributed by atoms with Crippen LogP contribution in [0.1, 0.15) is 17.3 Å². The predicted molar refractivity (Wildman–Crippen MR) is 96.3 cm³/mol. The van der Waals surface area contributed by atoms with Crippen molar-refractivity contribution in [2.24, 2.45) is 0 Å². The average molecular weight is 389 g/mol. The first-order valence-electron chi connectivity index (χ1n) is 7.94. The molecular weight excluding hydrogens is 374 g/mol. The molecule has 0 unspecified atom stereocenters. The van der Waals surface area contributed by atoms with Gasteiger partial charge in [-0.3, -0.25) is 25.0 Å². The third kappa shape index (κ3) is 5.24. The van der Waals surface area contributed by atoms with Crippen molar-refractivity contribution < 1.29 is 28.9 Å². The van der Waals surface area contributed by atoms with E-state index in [-0.39, 0.29) is 28.4 Å². The van der Waals surface area contributed by atoms with Gasteiger partial charge in [0, 0.05) is 12.1 Å². The third-order valence-electron chi connectivity index (χ3n) is 3.40. The molecule has 0 atom stereocenters. The van der Waals surface area contributed by atoms with E-state index in [9.17, 15) is 29.8 Å². The van der Waals surface area contributed by atoms with Crippen LogP contribution in [0.2, 0.25) is 0 Å². The zero-order chi connectivity index (χ0) is 20.7. The Morgan fingerprint density at radius 2 is 1.71 bits per heavy atom. The van der Waals surface area contributed by atoms with E-state index in [1.165, 1.54) is 30.3 Å². The number of hydrogen-bond donors (Lipinski definition) is 1. The maximum Gasteiger partial charge on any atom is 0.338 e. The number of hydrogen-bond acceptors (Lipinski definition) is 8. The summed E-state index contributed by atoms with van der Waals surface area (Å²) >= 11 is 0. The topological polar surface area (TPSA) is 151 Å². The standard InChI is InChI=1S/C17H15N3O8/c1-2-27-13-7-8-14(15(9-13)20(25)26)18-16(21)10-28-17(22)11-3-5-12(6-4-11)19(23)24/h3-9H,2,10H2,1H3,(H,18,21). The predicted octanol–water partition coefficient (Wildman–Crippen LogP) is 2.70. The maximum absolute atomic E-state index is 11.9. The number of benzene rings is 2. The third-order valence-corrected chi connectivity index (χ3v) is 3.40. The van der Waals surface area contributed by atoms with Crippen molar-refractivity contribution in [3.8, 4) is 5.75 Å². The summed E-state index contributed by atoms with van der Waals surface area (Å²) in [4.78, 5) is 44.3. The van der Waals surface area contributed by atoms with Crippen LogP contribution < -0.4 is 10.1 Å². The van der Waals surface area contributed by atoms with E-state index in [2.05, 4.69) is 5.32 Å². The molecule has 0 bridgehead atoms. The fraction of sp³-hybridized carbons (Fsp3) is 0.176. The summed E-state index contributed by atoms with van der Waals surface area (Å²) in [6, 6.07) is 8.56. The smallest absolute Gasteiger partial charge is 0.338 e. The number of nitrogens with zero attached hydrogens (tertiary/aromatic N) is 2. The molecule has 0 aromatic heterocycles. The highest BCUT2D eigenvalue weighted by molar-refractivity contribution is 5.97. The number of nitro benzene ring substituents is 2. The second-order valence-electron chi connectivity index (χ2n) is 5.30. The van der Waals surface area contributed by atoms with E-state index in [1.54, 1.807) is 6.92 Å². The van der Waals surface area contributed by atoms with Gasteiger partial charge in [0.2, 0.25) is 0 Å². The highest BCUT2D eigenvalue weighted by atomic mass is 16.6. The summed E-state index contributed by atoms with van der Waals surface area (Å²) in [6.45, 7) is 1.35. The van der Waals surface area contributed by atoms with Gasteiger partial charge >= 0.3 is 5.97 Å². The van der Waals surface area contributed by atoms with E-state index < -0.39 is 28.3 Å². The Kier molecular flexibility index (Phi) is 6.58. The van der Waals surface area contributed by atoms with Crippen molar-refractivity contribution in [3.05, 3.63) is 68.3 Å². The molecule has 11 nitrogen and oxygen atoms in total. The Labute approximate surface area is 158 Å². The normalized spacial score (nSPS) is 10.0. The van der Waals surface area contributed by atoms with Crippen molar-refractivity contribution in [2.75, 3.05) is 18.5 Å². The molecule has 0 saturated heterocycles. The number of nitrogens with one attached hydrogen (secondary N) is 1. The highest BCUT2D eigenvalue weighted by Crippen LogP contribution is 2.29. The molecule has 2 aromatic rings. The molecule has 0 aliphatic heterocycles. The number of non-ortho nitro benzene ring substituents is 1. The summed E-state index contributed by atoms with van der Waals surface area (Å²) < 4.78 is 9.99. The van der Waals surface area contributed by atoms with Gasteiger partial charge in [-0.05, 0) is 31.2 Å². The lowest BCUT2D eigenvalue weighted by Gasteiger charge is -2.09. The first-order valence-corrected chi connectivity index (χ1v) is 7.94. The Morgan fingerprint density at radius 1 is 1.04 bits per heavy atom. The second-order valence-corrected chi connectivity index (χ2v) is 5.30. The summed E-state index contributed by atoms with van der Waals surface area (Å²) in [5.74, 6) is -1.38. The van der Waals surface area contributed by atoms with E-state index in [0.717, 1.165) is 12.1 Å². The summed E-state index contributed by atoms with van der Waals surface area (Å²) in [7, 11) is 0. The molecular formula is C17H15N3O8. The van der Waals surface area contributed by atoms with Crippen LogP contribution in [0.25, 0.3) is 0 Å². The largest absolute Gasteiger partial charge is 0.494 e. The van der Waals surface area contributed by atoms with Crippen LogP contribution in [0.5, 0.6) is 5.75 Å². The molecule has 0 radical (unpaired) electrons. The zero-order valence-electron chi connectivity index (χ0n) is 14.6. The number of carbonyl (C=O) groups excluding carboxylic acids is 2. The van der Waals surface area contributed by atoms with Gasteiger partial charge in [-0.25, -0.2) is 4.79 Å². The number of anilines is 1. The van der Waals surface area contributed by atoms with E-state index >= 15 is 0 Å². The first-order chi connectivity index (χ1) is 13.3. The molecule has 0 aliphatic rings. The van der Waals surface area contributed by atoms with Crippen molar-refractivity contribution in [1.29, 1.82) is 0 Å². The van der Waals surface area contributed by atoms with E-state index in [4.69, 9.17) is 9.47 Å². The molecule has 2 aromatic carbocycles. The molecule has 0 spiro atoms. The minimum absolute atomic E-state index is 0.0189. The number of ether oxygens (including phenoxy) is 2. The molecule has 0 fully saturated rings.